The maximum absolute atomic E-state index is 12.8. The van der Waals surface area contributed by atoms with E-state index in [9.17, 15) is 4.79 Å². The maximum Gasteiger partial charge on any atom is 0.295 e. The molecule has 0 fully saturated rings. The van der Waals surface area contributed by atoms with Gasteiger partial charge in [-0.05, 0) is 50.1 Å². The Kier molecular flexibility index (Phi) is 4.96. The predicted molar refractivity (Wildman–Crippen MR) is 115 cm³/mol. The van der Waals surface area contributed by atoms with Crippen LogP contribution < -0.4 is 5.32 Å². The van der Waals surface area contributed by atoms with Crippen molar-refractivity contribution in [3.8, 4) is 17.1 Å². The van der Waals surface area contributed by atoms with Crippen LogP contribution in [0.5, 0.6) is 0 Å². The minimum absolute atomic E-state index is 0.130. The molecule has 29 heavy (non-hydrogen) atoms. The number of aromatic nitrogens is 3. The van der Waals surface area contributed by atoms with Gasteiger partial charge in [0.2, 0.25) is 5.82 Å². The summed E-state index contributed by atoms with van der Waals surface area (Å²) in [6, 6.07) is 23.4. The van der Waals surface area contributed by atoms with Crippen molar-refractivity contribution in [3.63, 3.8) is 0 Å². The zero-order chi connectivity index (χ0) is 20.4. The van der Waals surface area contributed by atoms with Crippen LogP contribution in [0.15, 0.2) is 72.8 Å². The number of anilines is 1. The summed E-state index contributed by atoms with van der Waals surface area (Å²) in [5.74, 6) is 0.427. The van der Waals surface area contributed by atoms with Crippen molar-refractivity contribution < 1.29 is 4.79 Å². The molecule has 1 heterocycles. The summed E-state index contributed by atoms with van der Waals surface area (Å²) in [5, 5.41) is 7.43. The molecule has 144 valence electrons. The van der Waals surface area contributed by atoms with E-state index in [0.29, 0.717) is 11.5 Å². The summed E-state index contributed by atoms with van der Waals surface area (Å²) in [4.78, 5) is 17.4. The summed E-state index contributed by atoms with van der Waals surface area (Å²) in [5.41, 5.74) is 5.93. The minimum atomic E-state index is -0.339. The number of benzene rings is 3. The highest BCUT2D eigenvalue weighted by Crippen LogP contribution is 2.25. The molecule has 0 saturated heterocycles. The number of rotatable bonds is 4. The van der Waals surface area contributed by atoms with Crippen LogP contribution in [0.3, 0.4) is 0 Å². The lowest BCUT2D eigenvalue weighted by atomic mass is 10.1. The molecular formula is C24H22N4O. The van der Waals surface area contributed by atoms with Gasteiger partial charge in [0.1, 0.15) is 0 Å². The van der Waals surface area contributed by atoms with Gasteiger partial charge in [-0.3, -0.25) is 4.79 Å². The van der Waals surface area contributed by atoms with Gasteiger partial charge in [-0.15, -0.1) is 5.10 Å². The van der Waals surface area contributed by atoms with Crippen LogP contribution >= 0.6 is 0 Å². The summed E-state index contributed by atoms with van der Waals surface area (Å²) >= 11 is 0. The zero-order valence-corrected chi connectivity index (χ0v) is 16.7. The standard InChI is InChI=1S/C24H22N4O/c1-16-12-14-19(15-13-16)23-26-22(24(29)25-20-9-5-4-6-10-20)27-28(23)21-11-7-8-17(2)18(21)3/h4-15H,1-3H3,(H,25,29). The SMILES string of the molecule is Cc1ccc(-c2nc(C(=O)Nc3ccccc3)nn2-c2cccc(C)c2C)cc1. The van der Waals surface area contributed by atoms with Crippen molar-refractivity contribution in [1.82, 2.24) is 14.8 Å². The molecule has 5 heteroatoms. The molecule has 0 bridgehead atoms. The second-order valence-electron chi connectivity index (χ2n) is 7.08. The number of amides is 1. The summed E-state index contributed by atoms with van der Waals surface area (Å²) in [7, 11) is 0. The molecule has 3 aromatic carbocycles. The second kappa shape index (κ2) is 7.72. The first-order valence-corrected chi connectivity index (χ1v) is 9.50. The van der Waals surface area contributed by atoms with E-state index >= 15 is 0 Å². The Labute approximate surface area is 170 Å². The van der Waals surface area contributed by atoms with Gasteiger partial charge >= 0.3 is 0 Å². The Balaban J connectivity index is 1.81. The van der Waals surface area contributed by atoms with Gasteiger partial charge in [0.15, 0.2) is 5.82 Å². The number of hydrogen-bond donors (Lipinski definition) is 1. The van der Waals surface area contributed by atoms with E-state index in [1.54, 1.807) is 4.68 Å². The second-order valence-corrected chi connectivity index (χ2v) is 7.08. The fourth-order valence-corrected chi connectivity index (χ4v) is 3.14. The summed E-state index contributed by atoms with van der Waals surface area (Å²) in [6.45, 7) is 6.15. The van der Waals surface area contributed by atoms with Crippen molar-refractivity contribution in [2.45, 2.75) is 20.8 Å². The number of para-hydroxylation sites is 1. The van der Waals surface area contributed by atoms with Gasteiger partial charge < -0.3 is 5.32 Å². The molecule has 5 nitrogen and oxygen atoms in total. The highest BCUT2D eigenvalue weighted by atomic mass is 16.2. The Morgan fingerprint density at radius 3 is 2.31 bits per heavy atom. The molecule has 0 spiro atoms. The normalized spacial score (nSPS) is 10.7. The lowest BCUT2D eigenvalue weighted by Gasteiger charge is -2.11. The molecule has 0 saturated carbocycles. The van der Waals surface area contributed by atoms with Crippen LogP contribution in [0.4, 0.5) is 5.69 Å². The average Bonchev–Trinajstić information content (AvgIpc) is 3.17. The van der Waals surface area contributed by atoms with Gasteiger partial charge in [-0.25, -0.2) is 9.67 Å². The van der Waals surface area contributed by atoms with Crippen molar-refractivity contribution >= 4 is 11.6 Å². The molecule has 0 radical (unpaired) electrons. The molecule has 1 aromatic heterocycles. The van der Waals surface area contributed by atoms with Crippen LogP contribution in [-0.2, 0) is 0 Å². The van der Waals surface area contributed by atoms with E-state index in [-0.39, 0.29) is 11.7 Å². The van der Waals surface area contributed by atoms with Gasteiger partial charge in [-0.1, -0.05) is 60.2 Å². The van der Waals surface area contributed by atoms with Crippen LogP contribution in [0.25, 0.3) is 17.1 Å². The Morgan fingerprint density at radius 1 is 0.862 bits per heavy atom. The van der Waals surface area contributed by atoms with Crippen molar-refractivity contribution in [2.24, 2.45) is 0 Å². The van der Waals surface area contributed by atoms with Gasteiger partial charge in [0.25, 0.3) is 5.91 Å². The largest absolute Gasteiger partial charge is 0.319 e. The van der Waals surface area contributed by atoms with Gasteiger partial charge in [0, 0.05) is 11.3 Å². The van der Waals surface area contributed by atoms with E-state index in [1.807, 2.05) is 73.7 Å². The molecule has 0 aliphatic rings. The zero-order valence-electron chi connectivity index (χ0n) is 16.7. The molecule has 1 amide bonds. The van der Waals surface area contributed by atoms with Gasteiger partial charge in [-0.2, -0.15) is 0 Å². The highest BCUT2D eigenvalue weighted by molar-refractivity contribution is 6.01. The Bertz CT molecular complexity index is 1160. The average molecular weight is 382 g/mol. The Hall–Kier alpha value is -3.73. The van der Waals surface area contributed by atoms with E-state index in [4.69, 9.17) is 0 Å². The van der Waals surface area contributed by atoms with Crippen molar-refractivity contribution in [2.75, 3.05) is 5.32 Å². The van der Waals surface area contributed by atoms with E-state index < -0.39 is 0 Å². The molecule has 0 unspecified atom stereocenters. The van der Waals surface area contributed by atoms with E-state index in [0.717, 1.165) is 27.9 Å². The number of nitrogens with zero attached hydrogens (tertiary/aromatic N) is 3. The Morgan fingerprint density at radius 2 is 1.59 bits per heavy atom. The lowest BCUT2D eigenvalue weighted by molar-refractivity contribution is 0.101. The van der Waals surface area contributed by atoms with Crippen molar-refractivity contribution in [3.05, 3.63) is 95.3 Å². The third-order valence-electron chi connectivity index (χ3n) is 4.96. The maximum atomic E-state index is 12.8. The van der Waals surface area contributed by atoms with E-state index in [2.05, 4.69) is 35.3 Å². The highest BCUT2D eigenvalue weighted by Gasteiger charge is 2.20. The van der Waals surface area contributed by atoms with Crippen molar-refractivity contribution in [1.29, 1.82) is 0 Å². The van der Waals surface area contributed by atoms with Gasteiger partial charge in [0.05, 0.1) is 5.69 Å². The lowest BCUT2D eigenvalue weighted by Crippen LogP contribution is -2.14. The number of aryl methyl sites for hydroxylation is 2. The fourth-order valence-electron chi connectivity index (χ4n) is 3.14. The first-order valence-electron chi connectivity index (χ1n) is 9.50. The quantitative estimate of drug-likeness (QED) is 0.533. The summed E-state index contributed by atoms with van der Waals surface area (Å²) in [6.07, 6.45) is 0. The number of hydrogen-bond acceptors (Lipinski definition) is 3. The third kappa shape index (κ3) is 3.80. The van der Waals surface area contributed by atoms with E-state index in [1.165, 1.54) is 0 Å². The topological polar surface area (TPSA) is 59.8 Å². The molecule has 1 N–H and O–H groups in total. The first-order chi connectivity index (χ1) is 14.0. The third-order valence-corrected chi connectivity index (χ3v) is 4.96. The summed E-state index contributed by atoms with van der Waals surface area (Å²) < 4.78 is 1.76. The minimum Gasteiger partial charge on any atom is -0.319 e. The molecule has 4 rings (SSSR count). The van der Waals surface area contributed by atoms with Crippen LogP contribution in [0.1, 0.15) is 27.3 Å². The monoisotopic (exact) mass is 382 g/mol. The molecule has 4 aromatic rings. The molecule has 0 aliphatic carbocycles. The first kappa shape index (κ1) is 18.6. The number of carbonyl (C=O) groups excluding carboxylic acids is 1. The van der Waals surface area contributed by atoms with Crippen LogP contribution in [0.2, 0.25) is 0 Å². The number of nitrogens with one attached hydrogen (secondary N) is 1. The molecular weight excluding hydrogens is 360 g/mol. The van der Waals surface area contributed by atoms with Crippen LogP contribution in [0, 0.1) is 20.8 Å². The number of carbonyl (C=O) groups is 1. The predicted octanol–water partition coefficient (Wildman–Crippen LogP) is 5.11. The molecule has 0 aliphatic heterocycles. The fraction of sp³-hybridized carbons (Fsp3) is 0.125. The molecule has 0 atom stereocenters. The van der Waals surface area contributed by atoms with Crippen LogP contribution in [-0.4, -0.2) is 20.7 Å². The smallest absolute Gasteiger partial charge is 0.295 e.